The van der Waals surface area contributed by atoms with Crippen molar-refractivity contribution < 1.29 is 65.7 Å². The molecule has 2 aliphatic rings. The lowest BCUT2D eigenvalue weighted by Crippen LogP contribution is -2.68. The Bertz CT molecular complexity index is 1780. The Labute approximate surface area is 321 Å². The van der Waals surface area contributed by atoms with Crippen LogP contribution in [0.4, 0.5) is 26.3 Å². The van der Waals surface area contributed by atoms with E-state index < -0.39 is 84.0 Å². The lowest BCUT2D eigenvalue weighted by atomic mass is 9.81. The molecule has 4 aromatic rings. The molecule has 0 aliphatic carbocycles. The number of aliphatic hydroxyl groups excluding tert-OH is 4. The predicted octanol–water partition coefficient (Wildman–Crippen LogP) is 6.98. The van der Waals surface area contributed by atoms with Crippen LogP contribution in [-0.2, 0) is 44.0 Å². The van der Waals surface area contributed by atoms with E-state index in [2.05, 4.69) is 4.74 Å². The van der Waals surface area contributed by atoms with Gasteiger partial charge in [-0.25, -0.2) is 8.78 Å². The summed E-state index contributed by atoms with van der Waals surface area (Å²) in [6, 6.07) is 31.2. The molecule has 2 unspecified atom stereocenters. The molecule has 14 heteroatoms. The van der Waals surface area contributed by atoms with Gasteiger partial charge < -0.3 is 39.4 Å². The molecule has 2 heterocycles. The highest BCUT2D eigenvalue weighted by molar-refractivity contribution is 5.26. The predicted molar refractivity (Wildman–Crippen MR) is 193 cm³/mol. The van der Waals surface area contributed by atoms with Crippen LogP contribution < -0.4 is 0 Å². The number of aliphatic hydroxyl groups is 4. The first-order valence-corrected chi connectivity index (χ1v) is 18.2. The largest absolute Gasteiger partial charge is 0.394 e. The first kappa shape index (κ1) is 43.3. The van der Waals surface area contributed by atoms with Crippen LogP contribution in [0.2, 0.25) is 0 Å². The van der Waals surface area contributed by atoms with Crippen LogP contribution in [0.15, 0.2) is 121 Å². The van der Waals surface area contributed by atoms with E-state index in [-0.39, 0.29) is 19.1 Å². The summed E-state index contributed by atoms with van der Waals surface area (Å²) in [6.45, 7) is 2.72. The van der Waals surface area contributed by atoms with Crippen LogP contribution in [0.3, 0.4) is 0 Å². The van der Waals surface area contributed by atoms with Gasteiger partial charge in [0.15, 0.2) is 0 Å². The highest BCUT2D eigenvalue weighted by Crippen LogP contribution is 2.52. The van der Waals surface area contributed by atoms with Gasteiger partial charge in [-0.3, -0.25) is 0 Å². The van der Waals surface area contributed by atoms with Crippen molar-refractivity contribution in [1.29, 1.82) is 0 Å². The van der Waals surface area contributed by atoms with Crippen molar-refractivity contribution in [2.24, 2.45) is 5.92 Å². The van der Waals surface area contributed by atoms with E-state index in [1.165, 1.54) is 42.5 Å². The maximum absolute atomic E-state index is 16.8. The van der Waals surface area contributed by atoms with E-state index in [0.29, 0.717) is 6.42 Å². The molecule has 8 nitrogen and oxygen atoms in total. The molecule has 4 aromatic carbocycles. The monoisotopic (exact) mass is 792 g/mol. The van der Waals surface area contributed by atoms with E-state index in [0.717, 1.165) is 23.3 Å². The Morgan fingerprint density at radius 2 is 1.02 bits per heavy atom. The third kappa shape index (κ3) is 8.67. The van der Waals surface area contributed by atoms with E-state index in [1.54, 1.807) is 25.1 Å². The second-order valence-corrected chi connectivity index (χ2v) is 13.8. The lowest BCUT2D eigenvalue weighted by molar-refractivity contribution is -0.390. The molecule has 10 atom stereocenters. The minimum Gasteiger partial charge on any atom is -0.394 e. The van der Waals surface area contributed by atoms with Gasteiger partial charge in [0.1, 0.15) is 30.5 Å². The minimum absolute atomic E-state index is 0.0554. The molecule has 0 radical (unpaired) electrons. The summed E-state index contributed by atoms with van der Waals surface area (Å²) >= 11 is 0. The zero-order valence-corrected chi connectivity index (χ0v) is 30.7. The molecular weight excluding hydrogens is 746 g/mol. The molecule has 56 heavy (non-hydrogen) atoms. The van der Waals surface area contributed by atoms with E-state index >= 15 is 13.2 Å². The third-order valence-electron chi connectivity index (χ3n) is 10.1. The first-order valence-electron chi connectivity index (χ1n) is 18.2. The normalized spacial score (nSPS) is 30.9. The smallest absolute Gasteiger partial charge is 0.333 e. The van der Waals surface area contributed by atoms with Gasteiger partial charge in [-0.05, 0) is 17.5 Å². The van der Waals surface area contributed by atoms with Crippen molar-refractivity contribution in [2.45, 2.75) is 99.8 Å². The van der Waals surface area contributed by atoms with Crippen LogP contribution in [-0.4, -0.2) is 81.5 Å². The van der Waals surface area contributed by atoms with Crippen LogP contribution in [0.1, 0.15) is 42.5 Å². The van der Waals surface area contributed by atoms with Crippen molar-refractivity contribution in [1.82, 2.24) is 0 Å². The number of benzene rings is 4. The zero-order chi connectivity index (χ0) is 40.7. The molecule has 0 bridgehead atoms. The fourth-order valence-electron chi connectivity index (χ4n) is 6.85. The summed E-state index contributed by atoms with van der Waals surface area (Å²) in [6.07, 6.45) is -11.6. The molecule has 2 saturated heterocycles. The van der Waals surface area contributed by atoms with Crippen molar-refractivity contribution in [2.75, 3.05) is 6.61 Å². The number of halogens is 6. The Balaban J connectivity index is 0.000000244. The van der Waals surface area contributed by atoms with E-state index in [1.807, 2.05) is 55.5 Å². The second kappa shape index (κ2) is 18.2. The van der Waals surface area contributed by atoms with Crippen LogP contribution in [0.5, 0.6) is 0 Å². The summed E-state index contributed by atoms with van der Waals surface area (Å²) in [7, 11) is 0. The van der Waals surface area contributed by atoms with Crippen LogP contribution >= 0.6 is 0 Å². The topological polar surface area (TPSA) is 118 Å². The summed E-state index contributed by atoms with van der Waals surface area (Å²) in [4.78, 5) is 0. The number of alkyl halides is 6. The Kier molecular flexibility index (Phi) is 14.0. The Hall–Kier alpha value is -3.86. The molecule has 4 N–H and O–H groups in total. The molecule has 0 saturated carbocycles. The van der Waals surface area contributed by atoms with Crippen LogP contribution in [0.25, 0.3) is 0 Å². The summed E-state index contributed by atoms with van der Waals surface area (Å²) < 4.78 is 114. The van der Waals surface area contributed by atoms with Gasteiger partial charge in [0, 0.05) is 17.0 Å². The van der Waals surface area contributed by atoms with Crippen molar-refractivity contribution in [3.63, 3.8) is 0 Å². The molecule has 304 valence electrons. The maximum atomic E-state index is 16.8. The molecule has 6 rings (SSSR count). The first-order chi connectivity index (χ1) is 26.6. The molecule has 0 aromatic heterocycles. The van der Waals surface area contributed by atoms with Gasteiger partial charge in [0.05, 0.1) is 32.0 Å². The Morgan fingerprint density at radius 1 is 0.607 bits per heavy atom. The fourth-order valence-corrected chi connectivity index (χ4v) is 6.85. The quantitative estimate of drug-likeness (QED) is 0.114. The standard InChI is InChI=1S/C29H31F3O3.C13H15F3O5/c1-3-25-21(2)26(33-19-22-13-7-4-8-14-22)27(34-20-23-15-9-5-10-16-23)29(32,35-25)28(30,31)24-17-11-6-12-18-24;14-12(15,7-4-2-1-3-5-7)13(16)11(20)10(19)9(18)8(6-17)21-13/h4-18,21,25-27H,3,19-20H2,1-2H3;1-5,8-11,17-20H,6H2/t21-,25-,26+,27-,29?;8-,9-,10+,11-,13?/m11/s1. The van der Waals surface area contributed by atoms with Gasteiger partial charge in [0.2, 0.25) is 0 Å². The van der Waals surface area contributed by atoms with Crippen molar-refractivity contribution in [3.05, 3.63) is 144 Å². The lowest BCUT2D eigenvalue weighted by Gasteiger charge is -2.50. The van der Waals surface area contributed by atoms with E-state index in [4.69, 9.17) is 19.3 Å². The van der Waals surface area contributed by atoms with Gasteiger partial charge in [-0.15, -0.1) is 0 Å². The summed E-state index contributed by atoms with van der Waals surface area (Å²) in [5.41, 5.74) is 0.360. The van der Waals surface area contributed by atoms with Gasteiger partial charge in [0.25, 0.3) is 0 Å². The number of ether oxygens (including phenoxy) is 4. The summed E-state index contributed by atoms with van der Waals surface area (Å²) in [5.74, 6) is -16.1. The highest BCUT2D eigenvalue weighted by Gasteiger charge is 2.70. The molecule has 0 amide bonds. The van der Waals surface area contributed by atoms with Crippen molar-refractivity contribution in [3.8, 4) is 0 Å². The fraction of sp³-hybridized carbons (Fsp3) is 0.429. The van der Waals surface area contributed by atoms with Gasteiger partial charge in [-0.1, -0.05) is 135 Å². The maximum Gasteiger partial charge on any atom is 0.333 e. The molecule has 2 aliphatic heterocycles. The van der Waals surface area contributed by atoms with Gasteiger partial charge in [-0.2, -0.15) is 17.6 Å². The zero-order valence-electron chi connectivity index (χ0n) is 30.7. The molecule has 0 spiro atoms. The number of hydrogen-bond acceptors (Lipinski definition) is 8. The number of rotatable bonds is 12. The average Bonchev–Trinajstić information content (AvgIpc) is 3.22. The highest BCUT2D eigenvalue weighted by atomic mass is 19.3. The molecular formula is C42H46F6O8. The SMILES string of the molecule is CC[C@H]1OC(F)(C(F)(F)c2ccccc2)[C@H](OCc2ccccc2)[C@@H](OCc2ccccc2)[C@@H]1C.OC[C@H]1OC(F)(C(F)(F)c2ccccc2)[C@H](O)[C@@H](O)[C@@H]1O. The average molecular weight is 793 g/mol. The second-order valence-electron chi connectivity index (χ2n) is 13.8. The van der Waals surface area contributed by atoms with E-state index in [9.17, 15) is 28.5 Å². The molecule has 2 fully saturated rings. The third-order valence-corrected chi connectivity index (χ3v) is 10.1. The Morgan fingerprint density at radius 3 is 1.46 bits per heavy atom. The summed E-state index contributed by atoms with van der Waals surface area (Å²) in [5, 5.41) is 37.5. The van der Waals surface area contributed by atoms with Gasteiger partial charge >= 0.3 is 23.6 Å². The van der Waals surface area contributed by atoms with Crippen LogP contribution in [0, 0.1) is 5.92 Å². The minimum atomic E-state index is -4.30. The van der Waals surface area contributed by atoms with Crippen molar-refractivity contribution >= 4 is 0 Å². The number of hydrogen-bond donors (Lipinski definition) is 4.